The Morgan fingerprint density at radius 3 is 2.33 bits per heavy atom. The minimum absolute atomic E-state index is 0.203. The van der Waals surface area contributed by atoms with E-state index in [1.54, 1.807) is 0 Å². The smallest absolute Gasteiger partial charge is 0.401 e. The molecule has 2 unspecified atom stereocenters. The Bertz CT molecular complexity index is 208. The van der Waals surface area contributed by atoms with Crippen molar-refractivity contribution in [2.24, 2.45) is 0 Å². The van der Waals surface area contributed by atoms with Crippen LogP contribution in [0.1, 0.15) is 19.8 Å². The zero-order chi connectivity index (χ0) is 12.1. The van der Waals surface area contributed by atoms with E-state index in [-0.39, 0.29) is 13.0 Å². The zero-order valence-corrected chi connectivity index (χ0v) is 8.94. The number of carboxylic acids is 1. The second-order valence-corrected chi connectivity index (χ2v) is 4.73. The molecule has 90 valence electrons. The molecule has 0 radical (unpaired) electrons. The van der Waals surface area contributed by atoms with Crippen molar-refractivity contribution in [3.05, 3.63) is 0 Å². The summed E-state index contributed by atoms with van der Waals surface area (Å²) in [6.07, 6.45) is -5.24. The molecule has 0 saturated carbocycles. The van der Waals surface area contributed by atoms with Gasteiger partial charge in [0, 0.05) is 11.9 Å². The van der Waals surface area contributed by atoms with Crippen LogP contribution in [0.5, 0.6) is 0 Å². The van der Waals surface area contributed by atoms with Crippen LogP contribution in [0.3, 0.4) is 0 Å². The van der Waals surface area contributed by atoms with Crippen molar-refractivity contribution in [3.8, 4) is 0 Å². The number of carboxylic acid groups (broad SMARTS) is 1. The Balaban J connectivity index is 4.31. The van der Waals surface area contributed by atoms with E-state index in [2.05, 4.69) is 0 Å². The van der Waals surface area contributed by atoms with Crippen molar-refractivity contribution in [2.45, 2.75) is 36.4 Å². The summed E-state index contributed by atoms with van der Waals surface area (Å²) >= 11 is 0.539. The summed E-state index contributed by atoms with van der Waals surface area (Å²) in [5.41, 5.74) is 0. The maximum atomic E-state index is 12.3. The number of aliphatic hydroxyl groups excluding tert-OH is 1. The molecule has 0 aromatic heterocycles. The molecule has 0 spiro atoms. The first-order chi connectivity index (χ1) is 6.77. The van der Waals surface area contributed by atoms with Crippen molar-refractivity contribution in [1.29, 1.82) is 0 Å². The fraction of sp³-hybridized carbons (Fsp3) is 0.875. The molecule has 0 aliphatic carbocycles. The van der Waals surface area contributed by atoms with E-state index in [4.69, 9.17) is 10.2 Å². The fourth-order valence-electron chi connectivity index (χ4n) is 0.930. The van der Waals surface area contributed by atoms with Crippen molar-refractivity contribution in [3.63, 3.8) is 0 Å². The standard InChI is InChI=1S/C8H13F3O3S/c1-5(2-3-12)15-6(4-7(13)14)8(9,10)11/h5-6,12H,2-4H2,1H3,(H,13,14). The Kier molecular flexibility index (Phi) is 6.04. The lowest BCUT2D eigenvalue weighted by atomic mass is 10.3. The second-order valence-electron chi connectivity index (χ2n) is 3.09. The second kappa shape index (κ2) is 6.22. The van der Waals surface area contributed by atoms with Gasteiger partial charge in [0.2, 0.25) is 0 Å². The van der Waals surface area contributed by atoms with E-state index >= 15 is 0 Å². The van der Waals surface area contributed by atoms with Gasteiger partial charge in [0.05, 0.1) is 6.42 Å². The van der Waals surface area contributed by atoms with Gasteiger partial charge < -0.3 is 10.2 Å². The van der Waals surface area contributed by atoms with Gasteiger partial charge in [-0.25, -0.2) is 0 Å². The Morgan fingerprint density at radius 1 is 1.47 bits per heavy atom. The third kappa shape index (κ3) is 6.62. The molecule has 2 atom stereocenters. The summed E-state index contributed by atoms with van der Waals surface area (Å²) in [4.78, 5) is 10.2. The van der Waals surface area contributed by atoms with Gasteiger partial charge in [-0.05, 0) is 6.42 Å². The Hall–Kier alpha value is -0.430. The van der Waals surface area contributed by atoms with Gasteiger partial charge in [0.25, 0.3) is 0 Å². The lowest BCUT2D eigenvalue weighted by molar-refractivity contribution is -0.149. The summed E-state index contributed by atoms with van der Waals surface area (Å²) in [6.45, 7) is 1.33. The van der Waals surface area contributed by atoms with Gasteiger partial charge >= 0.3 is 12.1 Å². The highest BCUT2D eigenvalue weighted by Crippen LogP contribution is 2.35. The first-order valence-corrected chi connectivity index (χ1v) is 5.26. The minimum Gasteiger partial charge on any atom is -0.481 e. The van der Waals surface area contributed by atoms with Gasteiger partial charge in [0.15, 0.2) is 0 Å². The van der Waals surface area contributed by atoms with Crippen molar-refractivity contribution >= 4 is 17.7 Å². The molecule has 2 N–H and O–H groups in total. The maximum absolute atomic E-state index is 12.3. The van der Waals surface area contributed by atoms with Crippen LogP contribution in [-0.4, -0.2) is 39.5 Å². The average molecular weight is 246 g/mol. The molecular formula is C8H13F3O3S. The monoisotopic (exact) mass is 246 g/mol. The topological polar surface area (TPSA) is 57.5 Å². The van der Waals surface area contributed by atoms with Gasteiger partial charge in [-0.3, -0.25) is 4.79 Å². The quantitative estimate of drug-likeness (QED) is 0.751. The normalized spacial score (nSPS) is 16.1. The highest BCUT2D eigenvalue weighted by atomic mass is 32.2. The number of thioether (sulfide) groups is 1. The summed E-state index contributed by atoms with van der Waals surface area (Å²) in [5, 5.41) is 14.5. The average Bonchev–Trinajstić information content (AvgIpc) is 2.00. The van der Waals surface area contributed by atoms with E-state index in [1.807, 2.05) is 0 Å². The molecular weight excluding hydrogens is 233 g/mol. The number of carbonyl (C=O) groups is 1. The largest absolute Gasteiger partial charge is 0.481 e. The van der Waals surface area contributed by atoms with Crippen molar-refractivity contribution < 1.29 is 28.2 Å². The molecule has 0 rings (SSSR count). The van der Waals surface area contributed by atoms with Crippen LogP contribution in [-0.2, 0) is 4.79 Å². The highest BCUT2D eigenvalue weighted by molar-refractivity contribution is 8.00. The maximum Gasteiger partial charge on any atom is 0.401 e. The van der Waals surface area contributed by atoms with Crippen LogP contribution < -0.4 is 0 Å². The van der Waals surface area contributed by atoms with Crippen LogP contribution >= 0.6 is 11.8 Å². The first kappa shape index (κ1) is 14.6. The SMILES string of the molecule is CC(CCO)SC(CC(=O)O)C(F)(F)F. The third-order valence-electron chi connectivity index (χ3n) is 1.66. The predicted octanol–water partition coefficient (Wildman–Crippen LogP) is 1.90. The molecule has 7 heteroatoms. The zero-order valence-electron chi connectivity index (χ0n) is 8.12. The molecule has 0 aliphatic rings. The van der Waals surface area contributed by atoms with Crippen LogP contribution in [0.2, 0.25) is 0 Å². The lowest BCUT2D eigenvalue weighted by Gasteiger charge is -2.21. The van der Waals surface area contributed by atoms with Gasteiger partial charge in [-0.15, -0.1) is 11.8 Å². The highest BCUT2D eigenvalue weighted by Gasteiger charge is 2.42. The van der Waals surface area contributed by atoms with E-state index in [0.29, 0.717) is 11.8 Å². The summed E-state index contributed by atoms with van der Waals surface area (Å²) < 4.78 is 37.0. The van der Waals surface area contributed by atoms with Crippen molar-refractivity contribution in [1.82, 2.24) is 0 Å². The summed E-state index contributed by atoms with van der Waals surface area (Å²) in [6, 6.07) is 0. The van der Waals surface area contributed by atoms with Crippen LogP contribution in [0.15, 0.2) is 0 Å². The fourth-order valence-corrected chi connectivity index (χ4v) is 2.13. The molecule has 0 aromatic rings. The molecule has 0 bridgehead atoms. The van der Waals surface area contributed by atoms with E-state index < -0.39 is 29.1 Å². The van der Waals surface area contributed by atoms with Crippen molar-refractivity contribution in [2.75, 3.05) is 6.61 Å². The summed E-state index contributed by atoms with van der Waals surface area (Å²) in [5.74, 6) is -1.47. The molecule has 0 aliphatic heterocycles. The molecule has 0 heterocycles. The number of halogens is 3. The van der Waals surface area contributed by atoms with E-state index in [0.717, 1.165) is 0 Å². The first-order valence-electron chi connectivity index (χ1n) is 4.32. The molecule has 0 amide bonds. The molecule has 15 heavy (non-hydrogen) atoms. The number of hydrogen-bond acceptors (Lipinski definition) is 3. The molecule has 3 nitrogen and oxygen atoms in total. The van der Waals surface area contributed by atoms with Gasteiger partial charge in [0.1, 0.15) is 5.25 Å². The van der Waals surface area contributed by atoms with Crippen LogP contribution in [0.25, 0.3) is 0 Å². The Labute approximate surface area is 89.7 Å². The third-order valence-corrected chi connectivity index (χ3v) is 3.12. The van der Waals surface area contributed by atoms with E-state index in [1.165, 1.54) is 6.92 Å². The molecule has 0 saturated heterocycles. The number of aliphatic hydroxyl groups is 1. The predicted molar refractivity (Wildman–Crippen MR) is 50.9 cm³/mol. The molecule has 0 fully saturated rings. The Morgan fingerprint density at radius 2 is 2.00 bits per heavy atom. The molecule has 0 aromatic carbocycles. The number of aliphatic carboxylic acids is 1. The van der Waals surface area contributed by atoms with Gasteiger partial charge in [-0.1, -0.05) is 6.92 Å². The van der Waals surface area contributed by atoms with Crippen LogP contribution in [0.4, 0.5) is 13.2 Å². The van der Waals surface area contributed by atoms with Gasteiger partial charge in [-0.2, -0.15) is 13.2 Å². The van der Waals surface area contributed by atoms with Crippen LogP contribution in [0, 0.1) is 0 Å². The number of alkyl halides is 3. The number of rotatable bonds is 6. The summed E-state index contributed by atoms with van der Waals surface area (Å²) in [7, 11) is 0. The number of hydrogen-bond donors (Lipinski definition) is 2. The van der Waals surface area contributed by atoms with E-state index in [9.17, 15) is 18.0 Å². The lowest BCUT2D eigenvalue weighted by Crippen LogP contribution is -2.30. The minimum atomic E-state index is -4.52.